The number of rotatable bonds is 2. The van der Waals surface area contributed by atoms with E-state index in [-0.39, 0.29) is 30.7 Å². The third-order valence-electron chi connectivity index (χ3n) is 2.86. The van der Waals surface area contributed by atoms with Gasteiger partial charge in [-0.25, -0.2) is 0 Å². The zero-order valence-corrected chi connectivity index (χ0v) is 13.4. The summed E-state index contributed by atoms with van der Waals surface area (Å²) in [7, 11) is 1.80. The van der Waals surface area contributed by atoms with Crippen molar-refractivity contribution in [1.82, 2.24) is 3.38 Å². The molecule has 0 unspecified atom stereocenters. The van der Waals surface area contributed by atoms with E-state index in [1.807, 2.05) is 6.07 Å². The Bertz CT molecular complexity index is 472. The molecule has 0 N–H and O–H groups in total. The normalized spacial score (nSPS) is 11.9. The Kier molecular flexibility index (Phi) is 7.23. The number of halogens is 2. The molecule has 0 heterocycles. The molecule has 0 bridgehead atoms. The number of benzene rings is 1. The Labute approximate surface area is 132 Å². The van der Waals surface area contributed by atoms with E-state index in [2.05, 4.69) is 25.1 Å². The van der Waals surface area contributed by atoms with Crippen LogP contribution in [0.1, 0.15) is 23.6 Å². The van der Waals surface area contributed by atoms with Gasteiger partial charge in [0.25, 0.3) is 0 Å². The monoisotopic (exact) mass is 318 g/mol. The zero-order valence-electron chi connectivity index (χ0n) is 10.3. The van der Waals surface area contributed by atoms with Crippen LogP contribution in [0.25, 0.3) is 6.08 Å². The van der Waals surface area contributed by atoms with Gasteiger partial charge in [0, 0.05) is 0 Å². The molecule has 0 spiro atoms. The number of hydrogen-bond donors (Lipinski definition) is 0. The smallest absolute Gasteiger partial charge is 1.00 e. The van der Waals surface area contributed by atoms with Gasteiger partial charge < -0.3 is 24.8 Å². The van der Waals surface area contributed by atoms with E-state index in [0.717, 1.165) is 12.0 Å². The summed E-state index contributed by atoms with van der Waals surface area (Å²) in [6.45, 7) is 2.14. The number of amides is 1. The van der Waals surface area contributed by atoms with Crippen molar-refractivity contribution in [2.75, 3.05) is 7.05 Å². The Morgan fingerprint density at radius 3 is 2.67 bits per heavy atom. The summed E-state index contributed by atoms with van der Waals surface area (Å²) >= 11 is 1.80. The van der Waals surface area contributed by atoms with Crippen molar-refractivity contribution in [3.05, 3.63) is 40.5 Å². The molecule has 0 aromatic heterocycles. The SMILES string of the molecule is CC1=Cc2c(CC(=O)[N](C)[Ti+2])cccc2C1.[Cl-].[Cl-]. The van der Waals surface area contributed by atoms with Gasteiger partial charge in [-0.2, -0.15) is 0 Å². The molecule has 2 rings (SSSR count). The Morgan fingerprint density at radius 2 is 2.06 bits per heavy atom. The topological polar surface area (TPSA) is 20.3 Å². The van der Waals surface area contributed by atoms with E-state index in [9.17, 15) is 4.79 Å². The van der Waals surface area contributed by atoms with Gasteiger partial charge in [-0.05, 0) is 0 Å². The average Bonchev–Trinajstić information content (AvgIpc) is 2.59. The first kappa shape index (κ1) is 17.7. The molecule has 18 heavy (non-hydrogen) atoms. The fraction of sp³-hybridized carbons (Fsp3) is 0.308. The summed E-state index contributed by atoms with van der Waals surface area (Å²) in [4.78, 5) is 11.7. The maximum absolute atomic E-state index is 11.7. The molecule has 0 atom stereocenters. The van der Waals surface area contributed by atoms with Gasteiger partial charge in [0.2, 0.25) is 0 Å². The van der Waals surface area contributed by atoms with E-state index < -0.39 is 0 Å². The first-order chi connectivity index (χ1) is 7.58. The van der Waals surface area contributed by atoms with Crippen LogP contribution in [0.15, 0.2) is 23.8 Å². The van der Waals surface area contributed by atoms with Crippen LogP contribution in [-0.2, 0) is 38.3 Å². The molecule has 1 aliphatic rings. The fourth-order valence-corrected chi connectivity index (χ4v) is 2.16. The van der Waals surface area contributed by atoms with Gasteiger partial charge in [0.1, 0.15) is 0 Å². The van der Waals surface area contributed by atoms with Crippen molar-refractivity contribution >= 4 is 12.0 Å². The molecule has 0 radical (unpaired) electrons. The van der Waals surface area contributed by atoms with Crippen LogP contribution in [0.4, 0.5) is 0 Å². The second kappa shape index (κ2) is 7.35. The number of likely N-dealkylation sites (N-methyl/N-ethyl adjacent to an activating group) is 1. The van der Waals surface area contributed by atoms with Gasteiger partial charge in [-0.1, -0.05) is 0 Å². The third-order valence-corrected chi connectivity index (χ3v) is 3.25. The van der Waals surface area contributed by atoms with E-state index >= 15 is 0 Å². The van der Waals surface area contributed by atoms with Crippen LogP contribution >= 0.6 is 0 Å². The Morgan fingerprint density at radius 1 is 1.39 bits per heavy atom. The van der Waals surface area contributed by atoms with Gasteiger partial charge in [-0.15, -0.1) is 0 Å². The number of allylic oxidation sites excluding steroid dienone is 1. The quantitative estimate of drug-likeness (QED) is 0.511. The maximum Gasteiger partial charge on any atom is -1.00 e. The molecule has 1 aromatic rings. The van der Waals surface area contributed by atoms with E-state index in [1.165, 1.54) is 16.7 Å². The molecule has 1 amide bonds. The Balaban J connectivity index is 0.00000144. The predicted octanol–water partition coefficient (Wildman–Crippen LogP) is -3.88. The molecule has 0 saturated heterocycles. The van der Waals surface area contributed by atoms with Crippen LogP contribution < -0.4 is 24.8 Å². The van der Waals surface area contributed by atoms with Crippen molar-refractivity contribution in [2.24, 2.45) is 0 Å². The van der Waals surface area contributed by atoms with Crippen molar-refractivity contribution in [3.63, 3.8) is 0 Å². The van der Waals surface area contributed by atoms with Crippen LogP contribution in [0, 0.1) is 0 Å². The van der Waals surface area contributed by atoms with Crippen molar-refractivity contribution in [1.29, 1.82) is 0 Å². The van der Waals surface area contributed by atoms with E-state index in [4.69, 9.17) is 0 Å². The second-order valence-corrected chi connectivity index (χ2v) is 5.33. The minimum atomic E-state index is 0. The fourth-order valence-electron chi connectivity index (χ4n) is 2.04. The Hall–Kier alpha value is -0.276. The molecule has 5 heteroatoms. The molecular weight excluding hydrogens is 305 g/mol. The minimum absolute atomic E-state index is 0. The number of hydrogen-bond acceptors (Lipinski definition) is 1. The number of carbonyl (C=O) groups excluding carboxylic acids is 1. The van der Waals surface area contributed by atoms with Crippen LogP contribution in [-0.4, -0.2) is 16.3 Å². The third kappa shape index (κ3) is 3.86. The average molecular weight is 319 g/mol. The summed E-state index contributed by atoms with van der Waals surface area (Å²) in [5.74, 6) is 0.159. The first-order valence-electron chi connectivity index (χ1n) is 5.33. The summed E-state index contributed by atoms with van der Waals surface area (Å²) in [5, 5.41) is 0. The van der Waals surface area contributed by atoms with E-state index in [1.54, 1.807) is 31.1 Å². The number of fused-ring (bicyclic) bond motifs is 1. The van der Waals surface area contributed by atoms with Gasteiger partial charge in [-0.3, -0.25) is 0 Å². The van der Waals surface area contributed by atoms with Crippen molar-refractivity contribution < 1.29 is 50.3 Å². The molecule has 95 valence electrons. The van der Waals surface area contributed by atoms with E-state index in [0.29, 0.717) is 6.42 Å². The van der Waals surface area contributed by atoms with Crippen LogP contribution in [0.5, 0.6) is 0 Å². The second-order valence-electron chi connectivity index (χ2n) is 4.29. The molecule has 1 aliphatic carbocycles. The molecule has 2 nitrogen and oxygen atoms in total. The summed E-state index contributed by atoms with van der Waals surface area (Å²) in [6, 6.07) is 6.24. The van der Waals surface area contributed by atoms with Crippen molar-refractivity contribution in [2.45, 2.75) is 19.8 Å². The van der Waals surface area contributed by atoms with Crippen LogP contribution in [0.2, 0.25) is 0 Å². The maximum atomic E-state index is 11.7. The standard InChI is InChI=1S/C13H15NO.2ClH.Ti/c1-9-6-10-4-3-5-11(12(10)7-9)8-13(15)14-2;;;/h3-5,7H,6,8H2,1-2H3,(H,14,15);2*1H;/q;;;+3/p-3. The zero-order chi connectivity index (χ0) is 11.7. The predicted molar refractivity (Wildman–Crippen MR) is 60.3 cm³/mol. The molecule has 0 fully saturated rings. The van der Waals surface area contributed by atoms with Crippen LogP contribution in [0.3, 0.4) is 0 Å². The van der Waals surface area contributed by atoms with Crippen molar-refractivity contribution in [3.8, 4) is 0 Å². The minimum Gasteiger partial charge on any atom is -1.00 e. The molecule has 0 aliphatic heterocycles. The summed E-state index contributed by atoms with van der Waals surface area (Å²) < 4.78 is 1.64. The molecular formula is C13H14Cl2NOTi. The van der Waals surface area contributed by atoms with Gasteiger partial charge in [0.05, 0.1) is 0 Å². The number of nitrogens with zero attached hydrogens (tertiary/aromatic N) is 1. The first-order valence-corrected chi connectivity index (χ1v) is 6.03. The number of carbonyl (C=O) groups is 1. The largest absolute Gasteiger partial charge is 1.00 e. The summed E-state index contributed by atoms with van der Waals surface area (Å²) in [5.41, 5.74) is 5.13. The molecule has 0 saturated carbocycles. The van der Waals surface area contributed by atoms with Gasteiger partial charge >= 0.3 is 108 Å². The van der Waals surface area contributed by atoms with Gasteiger partial charge in [0.15, 0.2) is 0 Å². The summed E-state index contributed by atoms with van der Waals surface area (Å²) in [6.07, 6.45) is 3.73. The molecule has 1 aromatic carbocycles.